The van der Waals surface area contributed by atoms with Crippen LogP contribution in [0.4, 0.5) is 0 Å². The fourth-order valence-corrected chi connectivity index (χ4v) is 1.37. The summed E-state index contributed by atoms with van der Waals surface area (Å²) in [6, 6.07) is 0.229. The molecule has 4 nitrogen and oxygen atoms in total. The first-order valence-corrected chi connectivity index (χ1v) is 4.54. The third-order valence-corrected chi connectivity index (χ3v) is 2.07. The number of hydrogen-bond donors (Lipinski definition) is 2. The lowest BCUT2D eigenvalue weighted by molar-refractivity contribution is -0.115. The lowest BCUT2D eigenvalue weighted by Crippen LogP contribution is -2.39. The second kappa shape index (κ2) is 4.87. The van der Waals surface area contributed by atoms with E-state index in [-0.39, 0.29) is 6.04 Å². The highest BCUT2D eigenvalue weighted by atomic mass is 16.5. The smallest absolute Gasteiger partial charge is 0.264 e. The fraction of sp³-hybridized carbons (Fsp3) is 0.667. The summed E-state index contributed by atoms with van der Waals surface area (Å²) in [5.41, 5.74) is 5.64. The zero-order valence-corrected chi connectivity index (χ0v) is 7.88. The lowest BCUT2D eigenvalue weighted by Gasteiger charge is -2.24. The average Bonchev–Trinajstić information content (AvgIpc) is 2.15. The number of carbonyl (C=O) groups is 1. The Morgan fingerprint density at radius 2 is 2.46 bits per heavy atom. The SMILES string of the molecule is CC=C(NC1CCCOC1)C(N)=O. The van der Waals surface area contributed by atoms with Crippen molar-refractivity contribution in [3.63, 3.8) is 0 Å². The maximum atomic E-state index is 10.9. The van der Waals surface area contributed by atoms with E-state index in [1.807, 2.05) is 0 Å². The van der Waals surface area contributed by atoms with Gasteiger partial charge in [0, 0.05) is 12.6 Å². The van der Waals surface area contributed by atoms with Crippen molar-refractivity contribution in [3.05, 3.63) is 11.8 Å². The number of nitrogens with two attached hydrogens (primary N) is 1. The van der Waals surface area contributed by atoms with E-state index < -0.39 is 5.91 Å². The molecule has 1 rings (SSSR count). The summed E-state index contributed by atoms with van der Waals surface area (Å²) in [6.45, 7) is 3.27. The summed E-state index contributed by atoms with van der Waals surface area (Å²) in [6.07, 6.45) is 3.76. The quantitative estimate of drug-likeness (QED) is 0.613. The van der Waals surface area contributed by atoms with Gasteiger partial charge in [0.25, 0.3) is 5.91 Å². The molecule has 0 saturated carbocycles. The van der Waals surface area contributed by atoms with Crippen LogP contribution in [0.5, 0.6) is 0 Å². The van der Waals surface area contributed by atoms with E-state index in [0.29, 0.717) is 12.3 Å². The number of allylic oxidation sites excluding steroid dienone is 1. The molecule has 1 heterocycles. The van der Waals surface area contributed by atoms with E-state index in [1.165, 1.54) is 0 Å². The highest BCUT2D eigenvalue weighted by Crippen LogP contribution is 2.07. The summed E-state index contributed by atoms with van der Waals surface area (Å²) in [5, 5.41) is 3.07. The van der Waals surface area contributed by atoms with E-state index >= 15 is 0 Å². The van der Waals surface area contributed by atoms with Crippen molar-refractivity contribution in [2.75, 3.05) is 13.2 Å². The van der Waals surface area contributed by atoms with Gasteiger partial charge in [-0.1, -0.05) is 6.08 Å². The summed E-state index contributed by atoms with van der Waals surface area (Å²) < 4.78 is 5.27. The van der Waals surface area contributed by atoms with Gasteiger partial charge in [0.1, 0.15) is 0 Å². The van der Waals surface area contributed by atoms with Crippen molar-refractivity contribution in [2.24, 2.45) is 5.73 Å². The van der Waals surface area contributed by atoms with Crippen molar-refractivity contribution < 1.29 is 9.53 Å². The molecule has 3 N–H and O–H groups in total. The lowest BCUT2D eigenvalue weighted by atomic mass is 10.1. The van der Waals surface area contributed by atoms with Crippen LogP contribution in [0, 0.1) is 0 Å². The van der Waals surface area contributed by atoms with Gasteiger partial charge in [-0.3, -0.25) is 4.79 Å². The van der Waals surface area contributed by atoms with Crippen LogP contribution in [-0.2, 0) is 9.53 Å². The Kier molecular flexibility index (Phi) is 3.76. The molecule has 1 aliphatic rings. The summed E-state index contributed by atoms with van der Waals surface area (Å²) in [7, 11) is 0. The molecule has 1 amide bonds. The Bertz CT molecular complexity index is 208. The summed E-state index contributed by atoms with van der Waals surface area (Å²) >= 11 is 0. The minimum Gasteiger partial charge on any atom is -0.379 e. The minimum absolute atomic E-state index is 0.229. The topological polar surface area (TPSA) is 64.3 Å². The number of ether oxygens (including phenoxy) is 1. The molecule has 1 aliphatic heterocycles. The first-order chi connectivity index (χ1) is 6.24. The number of nitrogens with one attached hydrogen (secondary N) is 1. The van der Waals surface area contributed by atoms with Crippen molar-refractivity contribution in [2.45, 2.75) is 25.8 Å². The molecule has 1 saturated heterocycles. The number of carbonyl (C=O) groups excluding carboxylic acids is 1. The fourth-order valence-electron chi connectivity index (χ4n) is 1.37. The Hall–Kier alpha value is -1.03. The number of amides is 1. The molecular formula is C9H16N2O2. The van der Waals surface area contributed by atoms with E-state index in [4.69, 9.17) is 10.5 Å². The van der Waals surface area contributed by atoms with Crippen LogP contribution in [0.1, 0.15) is 19.8 Å². The standard InChI is InChI=1S/C9H16N2O2/c1-2-8(9(10)12)11-7-4-3-5-13-6-7/h2,7,11H,3-6H2,1H3,(H2,10,12). The monoisotopic (exact) mass is 184 g/mol. The van der Waals surface area contributed by atoms with Gasteiger partial charge in [0.15, 0.2) is 0 Å². The first kappa shape index (κ1) is 10.1. The van der Waals surface area contributed by atoms with Gasteiger partial charge >= 0.3 is 0 Å². The Labute approximate surface area is 78.1 Å². The maximum Gasteiger partial charge on any atom is 0.264 e. The zero-order valence-electron chi connectivity index (χ0n) is 7.88. The zero-order chi connectivity index (χ0) is 9.68. The normalized spacial score (nSPS) is 24.1. The largest absolute Gasteiger partial charge is 0.379 e. The van der Waals surface area contributed by atoms with Gasteiger partial charge in [0.2, 0.25) is 0 Å². The Morgan fingerprint density at radius 3 is 2.92 bits per heavy atom. The molecule has 1 atom stereocenters. The third-order valence-electron chi connectivity index (χ3n) is 2.07. The van der Waals surface area contributed by atoms with Crippen LogP contribution in [0.15, 0.2) is 11.8 Å². The minimum atomic E-state index is -0.409. The summed E-state index contributed by atoms with van der Waals surface area (Å²) in [4.78, 5) is 10.9. The van der Waals surface area contributed by atoms with Crippen LogP contribution < -0.4 is 11.1 Å². The molecule has 0 aromatic carbocycles. The highest BCUT2D eigenvalue weighted by Gasteiger charge is 2.15. The molecule has 13 heavy (non-hydrogen) atoms. The predicted octanol–water partition coefficient (Wildman–Crippen LogP) is 0.144. The summed E-state index contributed by atoms with van der Waals surface area (Å²) in [5.74, 6) is -0.409. The van der Waals surface area contributed by atoms with Crippen molar-refractivity contribution in [1.29, 1.82) is 0 Å². The molecule has 0 aliphatic carbocycles. The van der Waals surface area contributed by atoms with Crippen molar-refractivity contribution >= 4 is 5.91 Å². The second-order valence-corrected chi connectivity index (χ2v) is 3.13. The predicted molar refractivity (Wildman–Crippen MR) is 49.9 cm³/mol. The molecule has 0 spiro atoms. The van der Waals surface area contributed by atoms with E-state index in [2.05, 4.69) is 5.32 Å². The molecule has 0 aromatic heterocycles. The molecular weight excluding hydrogens is 168 g/mol. The highest BCUT2D eigenvalue weighted by molar-refractivity contribution is 5.91. The first-order valence-electron chi connectivity index (χ1n) is 4.54. The average molecular weight is 184 g/mol. The van der Waals surface area contributed by atoms with Crippen LogP contribution in [0.3, 0.4) is 0 Å². The molecule has 74 valence electrons. The van der Waals surface area contributed by atoms with Crippen LogP contribution >= 0.6 is 0 Å². The Morgan fingerprint density at radius 1 is 1.69 bits per heavy atom. The molecule has 1 fully saturated rings. The van der Waals surface area contributed by atoms with Crippen LogP contribution in [0.25, 0.3) is 0 Å². The van der Waals surface area contributed by atoms with Gasteiger partial charge in [-0.05, 0) is 19.8 Å². The molecule has 0 aromatic rings. The van der Waals surface area contributed by atoms with E-state index in [0.717, 1.165) is 19.4 Å². The molecule has 1 unspecified atom stereocenters. The van der Waals surface area contributed by atoms with E-state index in [1.54, 1.807) is 13.0 Å². The second-order valence-electron chi connectivity index (χ2n) is 3.13. The number of rotatable bonds is 3. The van der Waals surface area contributed by atoms with Gasteiger partial charge in [-0.25, -0.2) is 0 Å². The van der Waals surface area contributed by atoms with Crippen molar-refractivity contribution in [1.82, 2.24) is 5.32 Å². The Balaban J connectivity index is 2.41. The molecule has 0 bridgehead atoms. The third kappa shape index (κ3) is 3.06. The van der Waals surface area contributed by atoms with Gasteiger partial charge in [0.05, 0.1) is 12.3 Å². The van der Waals surface area contributed by atoms with Crippen LogP contribution in [0.2, 0.25) is 0 Å². The van der Waals surface area contributed by atoms with Crippen molar-refractivity contribution in [3.8, 4) is 0 Å². The molecule has 4 heteroatoms. The van der Waals surface area contributed by atoms with Gasteiger partial charge in [-0.2, -0.15) is 0 Å². The van der Waals surface area contributed by atoms with E-state index in [9.17, 15) is 4.79 Å². The molecule has 0 radical (unpaired) electrons. The van der Waals surface area contributed by atoms with Crippen LogP contribution in [-0.4, -0.2) is 25.2 Å². The number of primary amides is 1. The van der Waals surface area contributed by atoms with Gasteiger partial charge in [-0.15, -0.1) is 0 Å². The maximum absolute atomic E-state index is 10.9. The number of hydrogen-bond acceptors (Lipinski definition) is 3. The van der Waals surface area contributed by atoms with Gasteiger partial charge < -0.3 is 15.8 Å².